The second kappa shape index (κ2) is 4.96. The first-order valence-electron chi connectivity index (χ1n) is 6.81. The van der Waals surface area contributed by atoms with E-state index in [9.17, 15) is 9.90 Å². The van der Waals surface area contributed by atoms with Gasteiger partial charge in [0.15, 0.2) is 0 Å². The number of aliphatic hydroxyl groups excluding tert-OH is 1. The molecule has 0 aliphatic carbocycles. The summed E-state index contributed by atoms with van der Waals surface area (Å²) in [4.78, 5) is 11.4. The molecule has 6 nitrogen and oxygen atoms in total. The zero-order chi connectivity index (χ0) is 14.2. The standard InChI is InChI=1S/C14H19N3O3/c15-10-5-9-6-13(19)16-11(9)7-12(10)17-14(8-18)1-3-20-4-2-14/h5,7,17-18H,1-4,6,8,15H2,(H,16,19). The average molecular weight is 277 g/mol. The van der Waals surface area contributed by atoms with Crippen LogP contribution in [0.1, 0.15) is 18.4 Å². The summed E-state index contributed by atoms with van der Waals surface area (Å²) in [7, 11) is 0. The molecule has 2 heterocycles. The number of amides is 1. The molecule has 3 rings (SSSR count). The topological polar surface area (TPSA) is 96.6 Å². The van der Waals surface area contributed by atoms with Crippen LogP contribution in [-0.4, -0.2) is 36.4 Å². The van der Waals surface area contributed by atoms with Crippen molar-refractivity contribution in [2.24, 2.45) is 0 Å². The molecule has 6 heteroatoms. The van der Waals surface area contributed by atoms with Crippen LogP contribution in [0.4, 0.5) is 17.1 Å². The van der Waals surface area contributed by atoms with Gasteiger partial charge in [0.25, 0.3) is 0 Å². The summed E-state index contributed by atoms with van der Waals surface area (Å²) in [6.45, 7) is 1.27. The summed E-state index contributed by atoms with van der Waals surface area (Å²) >= 11 is 0. The number of carbonyl (C=O) groups excluding carboxylic acids is 1. The summed E-state index contributed by atoms with van der Waals surface area (Å²) in [5, 5.41) is 15.9. The lowest BCUT2D eigenvalue weighted by atomic mass is 9.90. The number of rotatable bonds is 3. The summed E-state index contributed by atoms with van der Waals surface area (Å²) in [6, 6.07) is 3.67. The molecule has 108 valence electrons. The molecular weight excluding hydrogens is 258 g/mol. The van der Waals surface area contributed by atoms with Crippen molar-refractivity contribution in [3.8, 4) is 0 Å². The maximum atomic E-state index is 11.4. The highest BCUT2D eigenvalue weighted by atomic mass is 16.5. The largest absolute Gasteiger partial charge is 0.397 e. The number of anilines is 3. The smallest absolute Gasteiger partial charge is 0.228 e. The second-order valence-corrected chi connectivity index (χ2v) is 5.50. The fourth-order valence-corrected chi connectivity index (χ4v) is 2.77. The molecule has 0 radical (unpaired) electrons. The van der Waals surface area contributed by atoms with E-state index in [2.05, 4.69) is 10.6 Å². The van der Waals surface area contributed by atoms with Crippen LogP contribution in [0.25, 0.3) is 0 Å². The van der Waals surface area contributed by atoms with Gasteiger partial charge in [0.1, 0.15) is 0 Å². The molecule has 1 aromatic carbocycles. The summed E-state index contributed by atoms with van der Waals surface area (Å²) in [5.74, 6) is -0.0144. The Morgan fingerprint density at radius 1 is 1.40 bits per heavy atom. The van der Waals surface area contributed by atoms with Crippen molar-refractivity contribution >= 4 is 23.0 Å². The first-order chi connectivity index (χ1) is 9.62. The zero-order valence-electron chi connectivity index (χ0n) is 11.2. The second-order valence-electron chi connectivity index (χ2n) is 5.50. The third-order valence-electron chi connectivity index (χ3n) is 4.05. The SMILES string of the molecule is Nc1cc2c(cc1NC1(CO)CCOCC1)NC(=O)C2. The van der Waals surface area contributed by atoms with Crippen LogP contribution in [0.2, 0.25) is 0 Å². The monoisotopic (exact) mass is 277 g/mol. The zero-order valence-corrected chi connectivity index (χ0v) is 11.2. The van der Waals surface area contributed by atoms with Gasteiger partial charge in [-0.15, -0.1) is 0 Å². The van der Waals surface area contributed by atoms with E-state index >= 15 is 0 Å². The number of nitrogens with two attached hydrogens (primary N) is 1. The fourth-order valence-electron chi connectivity index (χ4n) is 2.77. The molecule has 0 aromatic heterocycles. The minimum atomic E-state index is -0.400. The Labute approximate surface area is 117 Å². The van der Waals surface area contributed by atoms with E-state index in [1.807, 2.05) is 12.1 Å². The maximum Gasteiger partial charge on any atom is 0.228 e. The maximum absolute atomic E-state index is 11.4. The molecule has 0 spiro atoms. The normalized spacial score (nSPS) is 20.4. The van der Waals surface area contributed by atoms with E-state index in [0.717, 1.165) is 29.8 Å². The lowest BCUT2D eigenvalue weighted by Crippen LogP contribution is -2.47. The number of nitrogen functional groups attached to an aromatic ring is 1. The van der Waals surface area contributed by atoms with E-state index in [4.69, 9.17) is 10.5 Å². The third-order valence-corrected chi connectivity index (χ3v) is 4.05. The fraction of sp³-hybridized carbons (Fsp3) is 0.500. The summed E-state index contributed by atoms with van der Waals surface area (Å²) in [6.07, 6.45) is 1.83. The Bertz CT molecular complexity index is 539. The molecule has 5 N–H and O–H groups in total. The van der Waals surface area contributed by atoms with Gasteiger partial charge in [-0.2, -0.15) is 0 Å². The van der Waals surface area contributed by atoms with Gasteiger partial charge >= 0.3 is 0 Å². The number of benzene rings is 1. The van der Waals surface area contributed by atoms with Crippen LogP contribution < -0.4 is 16.4 Å². The van der Waals surface area contributed by atoms with Crippen molar-refractivity contribution in [1.82, 2.24) is 0 Å². The van der Waals surface area contributed by atoms with E-state index < -0.39 is 5.54 Å². The van der Waals surface area contributed by atoms with Gasteiger partial charge in [0.05, 0.1) is 29.9 Å². The number of nitrogens with one attached hydrogen (secondary N) is 2. The molecule has 1 aromatic rings. The van der Waals surface area contributed by atoms with E-state index in [1.54, 1.807) is 0 Å². The number of hydrogen-bond donors (Lipinski definition) is 4. The first kappa shape index (κ1) is 13.2. The molecule has 0 saturated carbocycles. The van der Waals surface area contributed by atoms with Crippen molar-refractivity contribution in [2.45, 2.75) is 24.8 Å². The van der Waals surface area contributed by atoms with Gasteiger partial charge in [-0.25, -0.2) is 0 Å². The van der Waals surface area contributed by atoms with E-state index in [-0.39, 0.29) is 12.5 Å². The van der Waals surface area contributed by atoms with Crippen LogP contribution in [-0.2, 0) is 16.0 Å². The Hall–Kier alpha value is -1.79. The minimum absolute atomic E-state index is 0.0144. The minimum Gasteiger partial charge on any atom is -0.397 e. The summed E-state index contributed by atoms with van der Waals surface area (Å²) < 4.78 is 5.34. The van der Waals surface area contributed by atoms with Crippen molar-refractivity contribution in [3.05, 3.63) is 17.7 Å². The molecule has 1 amide bonds. The first-order valence-corrected chi connectivity index (χ1v) is 6.81. The van der Waals surface area contributed by atoms with Gasteiger partial charge in [0.2, 0.25) is 5.91 Å². The van der Waals surface area contributed by atoms with Crippen LogP contribution in [0, 0.1) is 0 Å². The third kappa shape index (κ3) is 2.32. The number of aliphatic hydroxyl groups is 1. The predicted molar refractivity (Wildman–Crippen MR) is 76.7 cm³/mol. The Kier molecular flexibility index (Phi) is 3.27. The van der Waals surface area contributed by atoms with Crippen molar-refractivity contribution in [1.29, 1.82) is 0 Å². The van der Waals surface area contributed by atoms with Gasteiger partial charge in [-0.3, -0.25) is 4.79 Å². The molecule has 1 fully saturated rings. The van der Waals surface area contributed by atoms with Gasteiger partial charge < -0.3 is 26.2 Å². The van der Waals surface area contributed by atoms with E-state index in [1.165, 1.54) is 0 Å². The van der Waals surface area contributed by atoms with Crippen molar-refractivity contribution in [3.63, 3.8) is 0 Å². The average Bonchev–Trinajstić information content (AvgIpc) is 2.79. The van der Waals surface area contributed by atoms with Gasteiger partial charge in [0, 0.05) is 18.9 Å². The van der Waals surface area contributed by atoms with Crippen LogP contribution >= 0.6 is 0 Å². The molecule has 0 atom stereocenters. The molecule has 0 bridgehead atoms. The van der Waals surface area contributed by atoms with Crippen LogP contribution in [0.5, 0.6) is 0 Å². The number of fused-ring (bicyclic) bond motifs is 1. The lowest BCUT2D eigenvalue weighted by molar-refractivity contribution is -0.115. The highest BCUT2D eigenvalue weighted by Crippen LogP contribution is 2.34. The molecule has 1 saturated heterocycles. The Balaban J connectivity index is 1.87. The molecular formula is C14H19N3O3. The predicted octanol–water partition coefficient (Wildman–Crippen LogP) is 0.717. The number of carbonyl (C=O) groups is 1. The highest BCUT2D eigenvalue weighted by Gasteiger charge is 2.32. The molecule has 2 aliphatic heterocycles. The summed E-state index contributed by atoms with van der Waals surface area (Å²) in [5.41, 5.74) is 8.72. The molecule has 2 aliphatic rings. The van der Waals surface area contributed by atoms with Crippen LogP contribution in [0.15, 0.2) is 12.1 Å². The Morgan fingerprint density at radius 2 is 2.15 bits per heavy atom. The number of ether oxygens (including phenoxy) is 1. The Morgan fingerprint density at radius 3 is 2.85 bits per heavy atom. The number of hydrogen-bond acceptors (Lipinski definition) is 5. The quantitative estimate of drug-likeness (QED) is 0.610. The highest BCUT2D eigenvalue weighted by molar-refractivity contribution is 6.00. The van der Waals surface area contributed by atoms with Crippen molar-refractivity contribution < 1.29 is 14.6 Å². The van der Waals surface area contributed by atoms with Crippen molar-refractivity contribution in [2.75, 3.05) is 36.2 Å². The van der Waals surface area contributed by atoms with Gasteiger partial charge in [-0.05, 0) is 30.5 Å². The lowest BCUT2D eigenvalue weighted by Gasteiger charge is -2.37. The van der Waals surface area contributed by atoms with Crippen LogP contribution in [0.3, 0.4) is 0 Å². The van der Waals surface area contributed by atoms with E-state index in [0.29, 0.717) is 25.3 Å². The molecule has 20 heavy (non-hydrogen) atoms. The van der Waals surface area contributed by atoms with Gasteiger partial charge in [-0.1, -0.05) is 0 Å². The molecule has 0 unspecified atom stereocenters.